The van der Waals surface area contributed by atoms with Crippen LogP contribution in [-0.4, -0.2) is 7.28 Å². The average Bonchev–Trinajstić information content (AvgIpc) is 3.74. The second-order valence-electron chi connectivity index (χ2n) is 20.2. The minimum atomic E-state index is -0.301. The predicted octanol–water partition coefficient (Wildman–Crippen LogP) is 17.4. The average molecular weight is 948 g/mol. The van der Waals surface area contributed by atoms with Crippen molar-refractivity contribution in [1.82, 2.24) is 0 Å². The number of benzene rings is 11. The van der Waals surface area contributed by atoms with Crippen molar-refractivity contribution < 1.29 is 0 Å². The molecule has 0 unspecified atom stereocenters. The van der Waals surface area contributed by atoms with Crippen LogP contribution >= 0.6 is 0 Å². The van der Waals surface area contributed by atoms with Gasteiger partial charge in [0.25, 0.3) is 0 Å². The topological polar surface area (TPSA) is 18.5 Å². The SMILES string of the molecule is Cc1cc(-c2ccccc2)ccc1N1c2ccc(N(c3ccccc3)c3ccccc3)cc2Bc2c(-c3cc(-c4ccccc4)ccc3Nc3cccc(-c4ccccc4)c3)cc3c(c21)C(C)(C)c1ccccc1-3. The molecule has 0 radical (unpaired) electrons. The van der Waals surface area contributed by atoms with Gasteiger partial charge in [0.1, 0.15) is 0 Å². The first-order valence-corrected chi connectivity index (χ1v) is 25.8. The number of anilines is 8. The van der Waals surface area contributed by atoms with Crippen molar-refractivity contribution in [1.29, 1.82) is 0 Å². The summed E-state index contributed by atoms with van der Waals surface area (Å²) in [6.07, 6.45) is 0. The largest absolute Gasteiger partial charge is 0.355 e. The fourth-order valence-electron chi connectivity index (χ4n) is 11.8. The maximum atomic E-state index is 4.00. The lowest BCUT2D eigenvalue weighted by molar-refractivity contribution is 0.661. The number of para-hydroxylation sites is 2. The van der Waals surface area contributed by atoms with E-state index in [2.05, 4.69) is 297 Å². The summed E-state index contributed by atoms with van der Waals surface area (Å²) in [7, 11) is 0.723. The number of hydrogen-bond donors (Lipinski definition) is 1. The Morgan fingerprint density at radius 3 is 1.58 bits per heavy atom. The Kier molecular flexibility index (Phi) is 11.2. The Morgan fingerprint density at radius 1 is 0.405 bits per heavy atom. The van der Waals surface area contributed by atoms with E-state index in [0.29, 0.717) is 0 Å². The van der Waals surface area contributed by atoms with Crippen LogP contribution in [0.3, 0.4) is 0 Å². The van der Waals surface area contributed by atoms with Crippen molar-refractivity contribution in [2.45, 2.75) is 26.2 Å². The fraction of sp³-hybridized carbons (Fsp3) is 0.0571. The van der Waals surface area contributed by atoms with Gasteiger partial charge in [-0.1, -0.05) is 195 Å². The van der Waals surface area contributed by atoms with Gasteiger partial charge in [0.05, 0.1) is 0 Å². The zero-order valence-corrected chi connectivity index (χ0v) is 41.9. The van der Waals surface area contributed by atoms with E-state index in [0.717, 1.165) is 41.3 Å². The number of nitrogens with one attached hydrogen (secondary N) is 1. The van der Waals surface area contributed by atoms with E-state index in [1.165, 1.54) is 94.7 Å². The van der Waals surface area contributed by atoms with Gasteiger partial charge in [-0.15, -0.1) is 0 Å². The molecule has 1 heterocycles. The lowest BCUT2D eigenvalue weighted by Crippen LogP contribution is -2.43. The third kappa shape index (κ3) is 7.87. The van der Waals surface area contributed by atoms with Crippen molar-refractivity contribution in [2.75, 3.05) is 15.1 Å². The molecule has 1 aliphatic carbocycles. The van der Waals surface area contributed by atoms with Gasteiger partial charge in [0.2, 0.25) is 0 Å². The molecule has 74 heavy (non-hydrogen) atoms. The van der Waals surface area contributed by atoms with Crippen LogP contribution < -0.4 is 26.0 Å². The number of nitrogens with zero attached hydrogens (tertiary/aromatic N) is 2. The summed E-state index contributed by atoms with van der Waals surface area (Å²) in [5.41, 5.74) is 27.3. The second-order valence-corrected chi connectivity index (χ2v) is 20.2. The summed E-state index contributed by atoms with van der Waals surface area (Å²) in [4.78, 5) is 5.02. The molecule has 0 saturated carbocycles. The van der Waals surface area contributed by atoms with Gasteiger partial charge in [0.15, 0.2) is 7.28 Å². The minimum absolute atomic E-state index is 0.301. The highest BCUT2D eigenvalue weighted by Crippen LogP contribution is 2.56. The lowest BCUT2D eigenvalue weighted by atomic mass is 9.56. The summed E-state index contributed by atoms with van der Waals surface area (Å²) >= 11 is 0. The van der Waals surface area contributed by atoms with E-state index < -0.39 is 0 Å². The molecule has 0 amide bonds. The number of aryl methyl sites for hydroxylation is 1. The molecule has 1 N–H and O–H groups in total. The van der Waals surface area contributed by atoms with Crippen LogP contribution in [0.25, 0.3) is 55.6 Å². The molecule has 352 valence electrons. The first kappa shape index (κ1) is 44.8. The van der Waals surface area contributed by atoms with E-state index in [1.807, 2.05) is 0 Å². The smallest absolute Gasteiger partial charge is 0.198 e. The summed E-state index contributed by atoms with van der Waals surface area (Å²) in [5.74, 6) is 0. The predicted molar refractivity (Wildman–Crippen MR) is 316 cm³/mol. The molecule has 11 aromatic carbocycles. The van der Waals surface area contributed by atoms with Gasteiger partial charge < -0.3 is 15.1 Å². The Bertz CT molecular complexity index is 3830. The highest BCUT2D eigenvalue weighted by molar-refractivity contribution is 6.73. The van der Waals surface area contributed by atoms with E-state index in [1.54, 1.807) is 0 Å². The Labute approximate surface area is 436 Å². The van der Waals surface area contributed by atoms with Gasteiger partial charge in [-0.3, -0.25) is 0 Å². The summed E-state index contributed by atoms with van der Waals surface area (Å²) in [6.45, 7) is 7.15. The van der Waals surface area contributed by atoms with Crippen LogP contribution in [0.2, 0.25) is 0 Å². The summed E-state index contributed by atoms with van der Waals surface area (Å²) in [5, 5.41) is 4.00. The van der Waals surface area contributed by atoms with Crippen molar-refractivity contribution in [3.63, 3.8) is 0 Å². The number of fused-ring (bicyclic) bond motifs is 6. The van der Waals surface area contributed by atoms with Crippen molar-refractivity contribution in [2.24, 2.45) is 0 Å². The standard InChI is InChI=1S/C70H54BN3/c1-47-42-52(49-24-11-5-12-25-49)37-40-65(47)74-66-41-38-57(73(55-30-15-7-16-31-55)56-32-17-8-18-33-56)45-63(66)71-68-61(46-60-58-34-19-20-35-62(58)70(2,3)67(60)69(68)74)59-44-53(50-26-13-6-14-27-50)36-39-64(59)72-54-29-21-28-51(43-54)48-22-9-4-10-23-48/h4-46,71-72H,1-3H3. The van der Waals surface area contributed by atoms with E-state index in [9.17, 15) is 0 Å². The number of hydrogen-bond acceptors (Lipinski definition) is 3. The van der Waals surface area contributed by atoms with E-state index in [-0.39, 0.29) is 5.41 Å². The fourth-order valence-corrected chi connectivity index (χ4v) is 11.8. The highest BCUT2D eigenvalue weighted by Gasteiger charge is 2.43. The molecule has 13 rings (SSSR count). The Hall–Kier alpha value is -9.12. The maximum absolute atomic E-state index is 4.00. The first-order valence-electron chi connectivity index (χ1n) is 25.8. The Balaban J connectivity index is 1.09. The molecule has 3 nitrogen and oxygen atoms in total. The molecule has 0 spiro atoms. The zero-order chi connectivity index (χ0) is 49.8. The van der Waals surface area contributed by atoms with E-state index in [4.69, 9.17) is 0 Å². The minimum Gasteiger partial charge on any atom is -0.355 e. The molecule has 0 fully saturated rings. The van der Waals surface area contributed by atoms with Gasteiger partial charge in [-0.05, 0) is 164 Å². The molecule has 4 heteroatoms. The van der Waals surface area contributed by atoms with Crippen LogP contribution in [0.5, 0.6) is 0 Å². The normalized spacial score (nSPS) is 12.7. The molecule has 0 aromatic heterocycles. The van der Waals surface area contributed by atoms with Gasteiger partial charge in [0, 0.05) is 56.5 Å². The third-order valence-electron chi connectivity index (χ3n) is 15.3. The summed E-state index contributed by atoms with van der Waals surface area (Å²) < 4.78 is 0. The monoisotopic (exact) mass is 947 g/mol. The molecule has 11 aromatic rings. The van der Waals surface area contributed by atoms with Gasteiger partial charge in [-0.25, -0.2) is 0 Å². The van der Waals surface area contributed by atoms with Crippen LogP contribution in [-0.2, 0) is 5.41 Å². The first-order chi connectivity index (χ1) is 36.4. The van der Waals surface area contributed by atoms with Gasteiger partial charge >= 0.3 is 0 Å². The molecule has 2 aliphatic rings. The quantitative estimate of drug-likeness (QED) is 0.138. The second kappa shape index (κ2) is 18.5. The zero-order valence-electron chi connectivity index (χ0n) is 41.9. The molecule has 1 aliphatic heterocycles. The van der Waals surface area contributed by atoms with Crippen molar-refractivity contribution in [3.05, 3.63) is 278 Å². The van der Waals surface area contributed by atoms with Crippen LogP contribution in [0.1, 0.15) is 30.5 Å². The van der Waals surface area contributed by atoms with Crippen LogP contribution in [0.15, 0.2) is 261 Å². The Morgan fingerprint density at radius 2 is 0.946 bits per heavy atom. The van der Waals surface area contributed by atoms with Crippen molar-refractivity contribution >= 4 is 63.7 Å². The molecule has 0 saturated heterocycles. The molecule has 0 atom stereocenters. The van der Waals surface area contributed by atoms with Crippen LogP contribution in [0, 0.1) is 6.92 Å². The third-order valence-corrected chi connectivity index (χ3v) is 15.3. The van der Waals surface area contributed by atoms with Crippen LogP contribution in [0.4, 0.5) is 45.5 Å². The van der Waals surface area contributed by atoms with E-state index >= 15 is 0 Å². The number of rotatable bonds is 10. The maximum Gasteiger partial charge on any atom is 0.198 e. The summed E-state index contributed by atoms with van der Waals surface area (Å²) in [6, 6.07) is 95.4. The molecular formula is C70H54BN3. The van der Waals surface area contributed by atoms with Gasteiger partial charge in [-0.2, -0.15) is 0 Å². The lowest BCUT2D eigenvalue weighted by Gasteiger charge is -2.40. The molecule has 0 bridgehead atoms. The highest BCUT2D eigenvalue weighted by atomic mass is 15.2. The molecular weight excluding hydrogens is 894 g/mol. The van der Waals surface area contributed by atoms with Crippen molar-refractivity contribution in [3.8, 4) is 55.6 Å².